The second-order valence-electron chi connectivity index (χ2n) is 4.34. The lowest BCUT2D eigenvalue weighted by molar-refractivity contribution is 0.437. The highest BCUT2D eigenvalue weighted by Crippen LogP contribution is 2.32. The summed E-state index contributed by atoms with van der Waals surface area (Å²) in [4.78, 5) is 2.71. The van der Waals surface area contributed by atoms with Gasteiger partial charge in [0.2, 0.25) is 0 Å². The molecule has 0 amide bonds. The molecule has 0 saturated carbocycles. The highest BCUT2D eigenvalue weighted by atomic mass is 32.1. The summed E-state index contributed by atoms with van der Waals surface area (Å²) < 4.78 is 5.76. The molecule has 1 unspecified atom stereocenters. The van der Waals surface area contributed by atoms with Crippen molar-refractivity contribution in [2.24, 2.45) is 0 Å². The van der Waals surface area contributed by atoms with Crippen LogP contribution in [0, 0.1) is 20.8 Å². The van der Waals surface area contributed by atoms with Crippen molar-refractivity contribution in [1.82, 2.24) is 5.32 Å². The molecule has 2 aromatic rings. The molecular weight excluding hydrogens is 230 g/mol. The van der Waals surface area contributed by atoms with Crippen LogP contribution >= 0.6 is 11.3 Å². The third kappa shape index (κ3) is 2.61. The Hall–Kier alpha value is -1.06. The Balaban J connectivity index is 2.38. The topological polar surface area (TPSA) is 25.2 Å². The van der Waals surface area contributed by atoms with Gasteiger partial charge in [0.15, 0.2) is 0 Å². The van der Waals surface area contributed by atoms with Crippen LogP contribution < -0.4 is 5.32 Å². The van der Waals surface area contributed by atoms with Crippen LogP contribution in [0.25, 0.3) is 0 Å². The van der Waals surface area contributed by atoms with E-state index in [0.717, 1.165) is 18.1 Å². The normalized spacial score (nSPS) is 12.9. The smallest absolute Gasteiger partial charge is 0.126 e. The summed E-state index contributed by atoms with van der Waals surface area (Å²) in [5, 5.41) is 3.50. The molecule has 0 saturated heterocycles. The Bertz CT molecular complexity index is 498. The molecule has 0 aromatic carbocycles. The highest BCUT2D eigenvalue weighted by molar-refractivity contribution is 7.12. The molecule has 0 fully saturated rings. The first-order valence-corrected chi connectivity index (χ1v) is 6.80. The lowest BCUT2D eigenvalue weighted by Crippen LogP contribution is -2.21. The van der Waals surface area contributed by atoms with Gasteiger partial charge < -0.3 is 9.73 Å². The molecular formula is C14H19NOS. The van der Waals surface area contributed by atoms with Gasteiger partial charge in [-0.3, -0.25) is 0 Å². The summed E-state index contributed by atoms with van der Waals surface area (Å²) in [5.74, 6) is 1.98. The Labute approximate surface area is 107 Å². The minimum atomic E-state index is 0.187. The van der Waals surface area contributed by atoms with E-state index in [9.17, 15) is 0 Å². The van der Waals surface area contributed by atoms with Crippen LogP contribution in [0.15, 0.2) is 22.6 Å². The fourth-order valence-electron chi connectivity index (χ4n) is 2.08. The van der Waals surface area contributed by atoms with Crippen molar-refractivity contribution in [2.45, 2.75) is 33.7 Å². The average Bonchev–Trinajstić information content (AvgIpc) is 2.82. The van der Waals surface area contributed by atoms with Crippen molar-refractivity contribution < 1.29 is 4.42 Å². The maximum atomic E-state index is 5.76. The van der Waals surface area contributed by atoms with Crippen molar-refractivity contribution in [3.63, 3.8) is 0 Å². The van der Waals surface area contributed by atoms with E-state index in [2.05, 4.69) is 38.2 Å². The predicted octanol–water partition coefficient (Wildman–Crippen LogP) is 3.97. The van der Waals surface area contributed by atoms with Gasteiger partial charge in [0.25, 0.3) is 0 Å². The first-order chi connectivity index (χ1) is 8.11. The number of furan rings is 1. The van der Waals surface area contributed by atoms with E-state index < -0.39 is 0 Å². The molecule has 0 spiro atoms. The lowest BCUT2D eigenvalue weighted by Gasteiger charge is -2.15. The SMILES string of the molecule is CCNC(c1ccc(C)o1)c1sc(C)cc1C. The summed E-state index contributed by atoms with van der Waals surface area (Å²) in [6.45, 7) is 9.36. The van der Waals surface area contributed by atoms with Gasteiger partial charge in [-0.1, -0.05) is 6.92 Å². The van der Waals surface area contributed by atoms with Crippen molar-refractivity contribution in [2.75, 3.05) is 6.54 Å². The third-order valence-electron chi connectivity index (χ3n) is 2.80. The Morgan fingerprint density at radius 2 is 2.06 bits per heavy atom. The zero-order chi connectivity index (χ0) is 12.4. The summed E-state index contributed by atoms with van der Waals surface area (Å²) >= 11 is 1.84. The largest absolute Gasteiger partial charge is 0.464 e. The number of rotatable bonds is 4. The molecule has 2 aromatic heterocycles. The van der Waals surface area contributed by atoms with E-state index in [1.165, 1.54) is 15.3 Å². The van der Waals surface area contributed by atoms with E-state index in [-0.39, 0.29) is 6.04 Å². The van der Waals surface area contributed by atoms with E-state index in [0.29, 0.717) is 0 Å². The average molecular weight is 249 g/mol. The molecule has 1 N–H and O–H groups in total. The second kappa shape index (κ2) is 5.07. The maximum Gasteiger partial charge on any atom is 0.126 e. The highest BCUT2D eigenvalue weighted by Gasteiger charge is 2.20. The maximum absolute atomic E-state index is 5.76. The van der Waals surface area contributed by atoms with Crippen molar-refractivity contribution in [3.8, 4) is 0 Å². The summed E-state index contributed by atoms with van der Waals surface area (Å²) in [5.41, 5.74) is 1.34. The Morgan fingerprint density at radius 3 is 2.53 bits per heavy atom. The molecule has 2 heterocycles. The van der Waals surface area contributed by atoms with E-state index >= 15 is 0 Å². The molecule has 2 nitrogen and oxygen atoms in total. The number of hydrogen-bond donors (Lipinski definition) is 1. The molecule has 0 bridgehead atoms. The zero-order valence-corrected chi connectivity index (χ0v) is 11.6. The number of nitrogens with one attached hydrogen (secondary N) is 1. The van der Waals surface area contributed by atoms with Gasteiger partial charge in [-0.05, 0) is 51.1 Å². The molecule has 0 aliphatic heterocycles. The summed E-state index contributed by atoms with van der Waals surface area (Å²) in [6.07, 6.45) is 0. The molecule has 0 aliphatic rings. The van der Waals surface area contributed by atoms with Crippen LogP contribution in [-0.2, 0) is 0 Å². The minimum absolute atomic E-state index is 0.187. The van der Waals surface area contributed by atoms with E-state index in [4.69, 9.17) is 4.42 Å². The van der Waals surface area contributed by atoms with Crippen LogP contribution in [0.3, 0.4) is 0 Å². The van der Waals surface area contributed by atoms with Gasteiger partial charge in [-0.25, -0.2) is 0 Å². The standard InChI is InChI=1S/C14H19NOS/c1-5-15-13(12-7-6-10(3)16-12)14-9(2)8-11(4)17-14/h6-8,13,15H,5H2,1-4H3. The molecule has 2 rings (SSSR count). The van der Waals surface area contributed by atoms with Gasteiger partial charge in [0, 0.05) is 9.75 Å². The van der Waals surface area contributed by atoms with Gasteiger partial charge in [0.1, 0.15) is 17.6 Å². The number of thiophene rings is 1. The molecule has 1 atom stereocenters. The monoisotopic (exact) mass is 249 g/mol. The van der Waals surface area contributed by atoms with Crippen LogP contribution in [0.2, 0.25) is 0 Å². The van der Waals surface area contributed by atoms with Gasteiger partial charge >= 0.3 is 0 Å². The fraction of sp³-hybridized carbons (Fsp3) is 0.429. The quantitative estimate of drug-likeness (QED) is 0.887. The van der Waals surface area contributed by atoms with Crippen LogP contribution in [0.1, 0.15) is 39.8 Å². The molecule has 0 aliphatic carbocycles. The van der Waals surface area contributed by atoms with E-state index in [1.54, 1.807) is 0 Å². The minimum Gasteiger partial charge on any atom is -0.464 e. The van der Waals surface area contributed by atoms with Gasteiger partial charge in [-0.2, -0.15) is 0 Å². The van der Waals surface area contributed by atoms with Crippen LogP contribution in [-0.4, -0.2) is 6.54 Å². The third-order valence-corrected chi connectivity index (χ3v) is 4.01. The first kappa shape index (κ1) is 12.4. The van der Waals surface area contributed by atoms with Crippen molar-refractivity contribution in [3.05, 3.63) is 45.0 Å². The fourth-order valence-corrected chi connectivity index (χ4v) is 3.20. The van der Waals surface area contributed by atoms with E-state index in [1.807, 2.05) is 24.3 Å². The zero-order valence-electron chi connectivity index (χ0n) is 10.8. The van der Waals surface area contributed by atoms with Crippen LogP contribution in [0.4, 0.5) is 0 Å². The summed E-state index contributed by atoms with van der Waals surface area (Å²) in [7, 11) is 0. The van der Waals surface area contributed by atoms with Gasteiger partial charge in [-0.15, -0.1) is 11.3 Å². The number of aryl methyl sites for hydroxylation is 3. The second-order valence-corrected chi connectivity index (χ2v) is 5.63. The number of hydrogen-bond acceptors (Lipinski definition) is 3. The molecule has 17 heavy (non-hydrogen) atoms. The summed E-state index contributed by atoms with van der Waals surface area (Å²) in [6, 6.07) is 6.51. The van der Waals surface area contributed by atoms with Crippen molar-refractivity contribution >= 4 is 11.3 Å². The Kier molecular flexibility index (Phi) is 3.69. The first-order valence-electron chi connectivity index (χ1n) is 5.98. The van der Waals surface area contributed by atoms with Crippen LogP contribution in [0.5, 0.6) is 0 Å². The van der Waals surface area contributed by atoms with Gasteiger partial charge in [0.05, 0.1) is 0 Å². The molecule has 0 radical (unpaired) electrons. The predicted molar refractivity (Wildman–Crippen MR) is 72.8 cm³/mol. The Morgan fingerprint density at radius 1 is 1.29 bits per heavy atom. The molecule has 92 valence electrons. The van der Waals surface area contributed by atoms with Crippen molar-refractivity contribution in [1.29, 1.82) is 0 Å². The molecule has 3 heteroatoms. The lowest BCUT2D eigenvalue weighted by atomic mass is 10.1.